The van der Waals surface area contributed by atoms with Crippen molar-refractivity contribution in [1.29, 1.82) is 0 Å². The number of carbonyl (C=O) groups is 1. The number of hydrogen-bond donors (Lipinski definition) is 0. The fraction of sp³-hybridized carbons (Fsp3) is 0.455. The van der Waals surface area contributed by atoms with Crippen LogP contribution in [-0.2, 0) is 16.1 Å². The van der Waals surface area contributed by atoms with E-state index < -0.39 is 0 Å². The lowest BCUT2D eigenvalue weighted by molar-refractivity contribution is -0.118. The Labute approximate surface area is 103 Å². The molecule has 86 valence electrons. The van der Waals surface area contributed by atoms with Crippen molar-refractivity contribution in [2.45, 2.75) is 12.6 Å². The number of aldehydes is 1. The molecule has 1 saturated heterocycles. The Morgan fingerprint density at radius 1 is 1.69 bits per heavy atom. The number of nitrogens with zero attached hydrogens (tertiary/aromatic N) is 2. The number of carbonyl (C=O) groups excluding carboxylic acids is 1. The molecule has 1 aliphatic heterocycles. The molecule has 1 unspecified atom stereocenters. The van der Waals surface area contributed by atoms with Gasteiger partial charge >= 0.3 is 0 Å². The van der Waals surface area contributed by atoms with Crippen molar-refractivity contribution in [3.8, 4) is 0 Å². The van der Waals surface area contributed by atoms with Gasteiger partial charge in [-0.2, -0.15) is 0 Å². The Bertz CT molecular complexity index is 373. The highest BCUT2D eigenvalue weighted by Gasteiger charge is 2.22. The van der Waals surface area contributed by atoms with Gasteiger partial charge in [-0.05, 0) is 27.6 Å². The molecule has 0 spiro atoms. The molecule has 4 nitrogen and oxygen atoms in total. The number of morpholine rings is 1. The Morgan fingerprint density at radius 3 is 3.31 bits per heavy atom. The third kappa shape index (κ3) is 2.66. The van der Waals surface area contributed by atoms with Gasteiger partial charge in [0.1, 0.15) is 10.9 Å². The van der Waals surface area contributed by atoms with Crippen LogP contribution in [0.4, 0.5) is 0 Å². The van der Waals surface area contributed by atoms with Crippen LogP contribution >= 0.6 is 15.9 Å². The summed E-state index contributed by atoms with van der Waals surface area (Å²) < 4.78 is 6.11. The van der Waals surface area contributed by atoms with Gasteiger partial charge in [0.25, 0.3) is 0 Å². The van der Waals surface area contributed by atoms with E-state index in [2.05, 4.69) is 25.8 Å². The molecule has 1 fully saturated rings. The van der Waals surface area contributed by atoms with Crippen molar-refractivity contribution >= 4 is 22.2 Å². The van der Waals surface area contributed by atoms with E-state index in [0.717, 1.165) is 29.5 Å². The topological polar surface area (TPSA) is 42.4 Å². The highest BCUT2D eigenvalue weighted by atomic mass is 79.9. The zero-order chi connectivity index (χ0) is 11.4. The molecule has 0 radical (unpaired) electrons. The monoisotopic (exact) mass is 284 g/mol. The van der Waals surface area contributed by atoms with Gasteiger partial charge < -0.3 is 9.53 Å². The number of pyridine rings is 1. The first kappa shape index (κ1) is 11.7. The van der Waals surface area contributed by atoms with E-state index in [1.54, 1.807) is 6.20 Å². The zero-order valence-corrected chi connectivity index (χ0v) is 10.4. The molecule has 2 heterocycles. The molecular weight excluding hydrogens is 272 g/mol. The third-order valence-electron chi connectivity index (χ3n) is 2.65. The second-order valence-electron chi connectivity index (χ2n) is 3.70. The highest BCUT2D eigenvalue weighted by molar-refractivity contribution is 9.10. The Kier molecular flexibility index (Phi) is 4.04. The van der Waals surface area contributed by atoms with Crippen LogP contribution in [-0.4, -0.2) is 42.0 Å². The van der Waals surface area contributed by atoms with Gasteiger partial charge in [0.05, 0.1) is 19.3 Å². The Morgan fingerprint density at radius 2 is 2.56 bits per heavy atom. The Hall–Kier alpha value is -0.780. The van der Waals surface area contributed by atoms with Crippen molar-refractivity contribution < 1.29 is 9.53 Å². The van der Waals surface area contributed by atoms with E-state index in [0.29, 0.717) is 13.2 Å². The molecule has 5 heteroatoms. The zero-order valence-electron chi connectivity index (χ0n) is 8.80. The van der Waals surface area contributed by atoms with Crippen molar-refractivity contribution in [2.24, 2.45) is 0 Å². The molecule has 0 aliphatic carbocycles. The summed E-state index contributed by atoms with van der Waals surface area (Å²) in [5.74, 6) is 0. The molecule has 2 rings (SSSR count). The van der Waals surface area contributed by atoms with Crippen LogP contribution in [0, 0.1) is 0 Å². The van der Waals surface area contributed by atoms with Gasteiger partial charge in [-0.1, -0.05) is 6.07 Å². The summed E-state index contributed by atoms with van der Waals surface area (Å²) in [7, 11) is 0. The first-order valence-corrected chi connectivity index (χ1v) is 5.97. The second kappa shape index (κ2) is 5.52. The molecule has 16 heavy (non-hydrogen) atoms. The van der Waals surface area contributed by atoms with Crippen LogP contribution in [0.15, 0.2) is 22.9 Å². The van der Waals surface area contributed by atoms with E-state index in [9.17, 15) is 4.79 Å². The lowest BCUT2D eigenvalue weighted by atomic mass is 10.2. The lowest BCUT2D eigenvalue weighted by Gasteiger charge is -2.32. The van der Waals surface area contributed by atoms with Crippen LogP contribution in [0.25, 0.3) is 0 Å². The van der Waals surface area contributed by atoms with E-state index in [1.165, 1.54) is 0 Å². The van der Waals surface area contributed by atoms with E-state index in [1.807, 2.05) is 12.1 Å². The predicted molar refractivity (Wildman–Crippen MR) is 63.0 cm³/mol. The van der Waals surface area contributed by atoms with Crippen LogP contribution in [0.1, 0.15) is 5.56 Å². The molecule has 1 aliphatic rings. The van der Waals surface area contributed by atoms with Crippen molar-refractivity contribution in [3.63, 3.8) is 0 Å². The summed E-state index contributed by atoms with van der Waals surface area (Å²) in [4.78, 5) is 17.2. The minimum atomic E-state index is -0.138. The van der Waals surface area contributed by atoms with Crippen molar-refractivity contribution in [1.82, 2.24) is 9.88 Å². The molecule has 0 saturated carbocycles. The molecule has 0 aromatic carbocycles. The smallest absolute Gasteiger partial charge is 0.139 e. The summed E-state index contributed by atoms with van der Waals surface area (Å²) in [6.45, 7) is 2.68. The first-order valence-electron chi connectivity index (χ1n) is 5.17. The summed E-state index contributed by atoms with van der Waals surface area (Å²) in [5, 5.41) is 0. The average Bonchev–Trinajstić information content (AvgIpc) is 2.33. The standard InChI is InChI=1S/C11H13BrN2O2/c12-11-9(2-1-3-13-11)6-14-4-5-16-8-10(14)7-15/h1-3,7,10H,4-6,8H2. The normalized spacial score (nSPS) is 21.9. The molecule has 0 amide bonds. The molecule has 0 bridgehead atoms. The van der Waals surface area contributed by atoms with Gasteiger partial charge in [0.15, 0.2) is 0 Å². The van der Waals surface area contributed by atoms with Crippen LogP contribution in [0.2, 0.25) is 0 Å². The largest absolute Gasteiger partial charge is 0.378 e. The SMILES string of the molecule is O=CC1COCCN1Cc1cccnc1Br. The van der Waals surface area contributed by atoms with Crippen LogP contribution in [0.3, 0.4) is 0 Å². The summed E-state index contributed by atoms with van der Waals surface area (Å²) >= 11 is 3.41. The predicted octanol–water partition coefficient (Wildman–Crippen LogP) is 1.24. The maximum atomic E-state index is 10.9. The maximum Gasteiger partial charge on any atom is 0.139 e. The van der Waals surface area contributed by atoms with E-state index in [4.69, 9.17) is 4.74 Å². The third-order valence-corrected chi connectivity index (χ3v) is 3.36. The molecule has 1 aromatic rings. The average molecular weight is 285 g/mol. The minimum Gasteiger partial charge on any atom is -0.378 e. The van der Waals surface area contributed by atoms with Gasteiger partial charge in [-0.15, -0.1) is 0 Å². The summed E-state index contributed by atoms with van der Waals surface area (Å²) in [6, 6.07) is 3.77. The molecular formula is C11H13BrN2O2. The summed E-state index contributed by atoms with van der Waals surface area (Å²) in [6.07, 6.45) is 2.69. The number of aromatic nitrogens is 1. The van der Waals surface area contributed by atoms with E-state index in [-0.39, 0.29) is 6.04 Å². The first-order chi connectivity index (χ1) is 7.81. The van der Waals surface area contributed by atoms with Crippen molar-refractivity contribution in [2.75, 3.05) is 19.8 Å². The number of rotatable bonds is 3. The van der Waals surface area contributed by atoms with Gasteiger partial charge in [0.2, 0.25) is 0 Å². The molecule has 1 atom stereocenters. The quantitative estimate of drug-likeness (QED) is 0.619. The molecule has 0 N–H and O–H groups in total. The minimum absolute atomic E-state index is 0.138. The van der Waals surface area contributed by atoms with Crippen LogP contribution < -0.4 is 0 Å². The fourth-order valence-electron chi connectivity index (χ4n) is 1.73. The number of halogens is 1. The summed E-state index contributed by atoms with van der Waals surface area (Å²) in [5.41, 5.74) is 1.09. The van der Waals surface area contributed by atoms with Crippen molar-refractivity contribution in [3.05, 3.63) is 28.5 Å². The van der Waals surface area contributed by atoms with E-state index >= 15 is 0 Å². The van der Waals surface area contributed by atoms with Gasteiger partial charge in [0, 0.05) is 19.3 Å². The van der Waals surface area contributed by atoms with Crippen LogP contribution in [0.5, 0.6) is 0 Å². The van der Waals surface area contributed by atoms with Gasteiger partial charge in [-0.25, -0.2) is 4.98 Å². The highest BCUT2D eigenvalue weighted by Crippen LogP contribution is 2.17. The fourth-order valence-corrected chi connectivity index (χ4v) is 2.11. The molecule has 1 aromatic heterocycles. The van der Waals surface area contributed by atoms with Gasteiger partial charge in [-0.3, -0.25) is 4.90 Å². The maximum absolute atomic E-state index is 10.9. The number of hydrogen-bond acceptors (Lipinski definition) is 4. The number of ether oxygens (including phenoxy) is 1. The lowest BCUT2D eigenvalue weighted by Crippen LogP contribution is -2.45. The Balaban J connectivity index is 2.08. The second-order valence-corrected chi connectivity index (χ2v) is 4.45.